The number of anilines is 1. The Morgan fingerprint density at radius 3 is 2.37 bits per heavy atom. The predicted octanol–water partition coefficient (Wildman–Crippen LogP) is 1.96. The third kappa shape index (κ3) is 3.01. The molecule has 1 aliphatic heterocycles. The van der Waals surface area contributed by atoms with E-state index in [4.69, 9.17) is 5.11 Å². The van der Waals surface area contributed by atoms with E-state index in [1.165, 1.54) is 7.11 Å². The van der Waals surface area contributed by atoms with E-state index in [9.17, 15) is 9.70 Å². The summed E-state index contributed by atoms with van der Waals surface area (Å²) in [4.78, 5) is 29.2. The first-order chi connectivity index (χ1) is 9.11. The Bertz CT molecular complexity index is 464. The van der Waals surface area contributed by atoms with Gasteiger partial charge in [-0.05, 0) is 25.0 Å². The van der Waals surface area contributed by atoms with Crippen molar-refractivity contribution in [2.45, 2.75) is 12.8 Å². The van der Waals surface area contributed by atoms with Gasteiger partial charge in [-0.3, -0.25) is 4.79 Å². The fourth-order valence-electron chi connectivity index (χ4n) is 2.28. The Hall–Kier alpha value is -2.11. The van der Waals surface area contributed by atoms with E-state index in [1.807, 2.05) is 12.1 Å². The van der Waals surface area contributed by atoms with Crippen molar-refractivity contribution in [3.8, 4) is 0 Å². The Kier molecular flexibility index (Phi) is 3.99. The highest BCUT2D eigenvalue weighted by molar-refractivity contribution is 5.70. The van der Waals surface area contributed by atoms with Gasteiger partial charge in [0.1, 0.15) is 0 Å². The van der Waals surface area contributed by atoms with Crippen LogP contribution in [0.1, 0.15) is 12.8 Å². The molecule has 0 saturated carbocycles. The average molecular weight is 265 g/mol. The SMILES string of the molecule is CO[N+](=O)c1ccc(N2CCC(C(=O)O)CC2)cc1. The number of nitrogens with zero attached hydrogens (tertiary/aromatic N) is 2. The number of carboxylic acid groups (broad SMARTS) is 1. The summed E-state index contributed by atoms with van der Waals surface area (Å²) in [6.45, 7) is 1.45. The van der Waals surface area contributed by atoms with Crippen LogP contribution in [0.25, 0.3) is 0 Å². The van der Waals surface area contributed by atoms with Crippen LogP contribution in [0.2, 0.25) is 0 Å². The highest BCUT2D eigenvalue weighted by Crippen LogP contribution is 2.25. The number of hydrogen-bond donors (Lipinski definition) is 1. The Balaban J connectivity index is 2.00. The fraction of sp³-hybridized carbons (Fsp3) is 0.462. The Morgan fingerprint density at radius 2 is 1.89 bits per heavy atom. The van der Waals surface area contributed by atoms with Crippen LogP contribution in [-0.4, -0.2) is 36.2 Å². The van der Waals surface area contributed by atoms with Gasteiger partial charge < -0.3 is 10.0 Å². The molecule has 0 aliphatic carbocycles. The minimum absolute atomic E-state index is 0.235. The van der Waals surface area contributed by atoms with Gasteiger partial charge in [0.2, 0.25) is 0 Å². The molecule has 0 atom stereocenters. The minimum atomic E-state index is -0.711. The van der Waals surface area contributed by atoms with Crippen molar-refractivity contribution < 1.29 is 19.7 Å². The van der Waals surface area contributed by atoms with Crippen molar-refractivity contribution in [1.82, 2.24) is 0 Å². The average Bonchev–Trinajstić information content (AvgIpc) is 2.46. The van der Waals surface area contributed by atoms with Crippen LogP contribution in [0.15, 0.2) is 24.3 Å². The molecule has 1 fully saturated rings. The first-order valence-corrected chi connectivity index (χ1v) is 6.21. The summed E-state index contributed by atoms with van der Waals surface area (Å²) in [6, 6.07) is 7.07. The second kappa shape index (κ2) is 5.69. The van der Waals surface area contributed by atoms with Crippen LogP contribution < -0.4 is 4.90 Å². The quantitative estimate of drug-likeness (QED) is 0.843. The summed E-state index contributed by atoms with van der Waals surface area (Å²) in [5.74, 6) is -0.946. The molecular weight excluding hydrogens is 248 g/mol. The lowest BCUT2D eigenvalue weighted by Crippen LogP contribution is -2.36. The standard InChI is InChI=1S/C13H16N2O4/c1-19-15(18)12-4-2-11(3-5-12)14-8-6-10(7-9-14)13(16)17/h2-5,10H,6-9H2,1H3/p+1. The maximum atomic E-state index is 11.2. The number of carbonyl (C=O) groups is 1. The van der Waals surface area contributed by atoms with Crippen molar-refractivity contribution >= 4 is 17.3 Å². The van der Waals surface area contributed by atoms with Gasteiger partial charge in [-0.15, -0.1) is 0 Å². The van der Waals surface area contributed by atoms with Gasteiger partial charge in [0.25, 0.3) is 4.92 Å². The van der Waals surface area contributed by atoms with Gasteiger partial charge in [0.15, 0.2) is 7.11 Å². The topological polar surface area (TPSA) is 69.9 Å². The molecule has 102 valence electrons. The molecule has 1 aromatic rings. The van der Waals surface area contributed by atoms with E-state index >= 15 is 0 Å². The van der Waals surface area contributed by atoms with E-state index < -0.39 is 5.97 Å². The molecule has 0 unspecified atom stereocenters. The number of carboxylic acids is 1. The van der Waals surface area contributed by atoms with Crippen LogP contribution in [0.5, 0.6) is 0 Å². The third-order valence-corrected chi connectivity index (χ3v) is 3.44. The van der Waals surface area contributed by atoms with E-state index in [-0.39, 0.29) is 5.92 Å². The number of aliphatic carboxylic acids is 1. The van der Waals surface area contributed by atoms with Gasteiger partial charge in [0.05, 0.1) is 10.8 Å². The minimum Gasteiger partial charge on any atom is -0.481 e. The molecule has 6 heteroatoms. The highest BCUT2D eigenvalue weighted by Gasteiger charge is 2.25. The molecule has 0 aromatic heterocycles. The van der Waals surface area contributed by atoms with Crippen LogP contribution in [0, 0.1) is 10.8 Å². The largest absolute Gasteiger partial charge is 0.481 e. The zero-order chi connectivity index (χ0) is 13.8. The van der Waals surface area contributed by atoms with Crippen molar-refractivity contribution in [3.63, 3.8) is 0 Å². The van der Waals surface area contributed by atoms with Crippen molar-refractivity contribution in [2.75, 3.05) is 25.1 Å². The molecule has 19 heavy (non-hydrogen) atoms. The first-order valence-electron chi connectivity index (χ1n) is 6.21. The molecular formula is C13H17N2O4+. The molecule has 2 rings (SSSR count). The second-order valence-corrected chi connectivity index (χ2v) is 4.56. The second-order valence-electron chi connectivity index (χ2n) is 4.56. The van der Waals surface area contributed by atoms with Gasteiger partial charge in [-0.1, -0.05) is 0 Å². The van der Waals surface area contributed by atoms with Crippen LogP contribution in [0.4, 0.5) is 11.4 Å². The lowest BCUT2D eigenvalue weighted by atomic mass is 9.97. The van der Waals surface area contributed by atoms with Gasteiger partial charge in [-0.2, -0.15) is 0 Å². The highest BCUT2D eigenvalue weighted by atomic mass is 16.8. The van der Waals surface area contributed by atoms with Crippen molar-refractivity contribution in [1.29, 1.82) is 0 Å². The van der Waals surface area contributed by atoms with Crippen LogP contribution >= 0.6 is 0 Å². The molecule has 0 amide bonds. The summed E-state index contributed by atoms with van der Waals surface area (Å²) < 4.78 is 0. The zero-order valence-corrected chi connectivity index (χ0v) is 10.8. The third-order valence-electron chi connectivity index (χ3n) is 3.44. The lowest BCUT2D eigenvalue weighted by Gasteiger charge is -2.31. The van der Waals surface area contributed by atoms with E-state index in [0.717, 1.165) is 18.8 Å². The number of piperidine rings is 1. The van der Waals surface area contributed by atoms with Crippen LogP contribution in [-0.2, 0) is 9.63 Å². The Labute approximate surface area is 111 Å². The molecule has 0 radical (unpaired) electrons. The van der Waals surface area contributed by atoms with Crippen molar-refractivity contribution in [2.24, 2.45) is 5.92 Å². The summed E-state index contributed by atoms with van der Waals surface area (Å²) in [7, 11) is 1.32. The van der Waals surface area contributed by atoms with E-state index in [1.54, 1.807) is 12.1 Å². The van der Waals surface area contributed by atoms with E-state index in [0.29, 0.717) is 23.5 Å². The summed E-state index contributed by atoms with van der Waals surface area (Å²) in [6.07, 6.45) is 1.31. The number of hydrogen-bond acceptors (Lipinski definition) is 4. The molecule has 1 heterocycles. The molecule has 0 spiro atoms. The van der Waals surface area contributed by atoms with E-state index in [2.05, 4.69) is 9.74 Å². The number of rotatable bonds is 4. The molecule has 1 aliphatic rings. The normalized spacial score (nSPS) is 16.2. The van der Waals surface area contributed by atoms with Gasteiger partial charge in [0, 0.05) is 30.9 Å². The number of benzene rings is 1. The molecule has 6 nitrogen and oxygen atoms in total. The first kappa shape index (κ1) is 13.3. The molecule has 1 N–H and O–H groups in total. The molecule has 1 aromatic carbocycles. The maximum absolute atomic E-state index is 11.2. The summed E-state index contributed by atoms with van der Waals surface area (Å²) in [5.41, 5.74) is 1.43. The molecule has 1 saturated heterocycles. The van der Waals surface area contributed by atoms with Gasteiger partial charge in [-0.25, -0.2) is 4.84 Å². The smallest absolute Gasteiger partial charge is 0.316 e. The zero-order valence-electron chi connectivity index (χ0n) is 10.8. The maximum Gasteiger partial charge on any atom is 0.316 e. The monoisotopic (exact) mass is 265 g/mol. The Morgan fingerprint density at radius 1 is 1.32 bits per heavy atom. The van der Waals surface area contributed by atoms with Gasteiger partial charge >= 0.3 is 11.7 Å². The predicted molar refractivity (Wildman–Crippen MR) is 69.3 cm³/mol. The lowest BCUT2D eigenvalue weighted by molar-refractivity contribution is -0.736. The fourth-order valence-corrected chi connectivity index (χ4v) is 2.28. The summed E-state index contributed by atoms with van der Waals surface area (Å²) in [5, 5.41) is 8.95. The molecule has 0 bridgehead atoms. The van der Waals surface area contributed by atoms with Crippen LogP contribution in [0.3, 0.4) is 0 Å². The van der Waals surface area contributed by atoms with Crippen molar-refractivity contribution in [3.05, 3.63) is 29.2 Å². The summed E-state index contributed by atoms with van der Waals surface area (Å²) >= 11 is 0.